The molecule has 1 heterocycles. The van der Waals surface area contributed by atoms with Crippen LogP contribution in [0.1, 0.15) is 28.8 Å². The third kappa shape index (κ3) is 2.93. The van der Waals surface area contributed by atoms with Crippen molar-refractivity contribution in [2.24, 2.45) is 0 Å². The minimum atomic E-state index is 0.111. The van der Waals surface area contributed by atoms with Crippen LogP contribution in [0.3, 0.4) is 0 Å². The first-order valence-corrected chi connectivity index (χ1v) is 6.99. The highest BCUT2D eigenvalue weighted by molar-refractivity contribution is 9.10. The Hall–Kier alpha value is -0.870. The fourth-order valence-corrected chi connectivity index (χ4v) is 2.68. The van der Waals surface area contributed by atoms with Gasteiger partial charge in [-0.1, -0.05) is 11.6 Å². The average Bonchev–Trinajstić information content (AvgIpc) is 2.41. The maximum absolute atomic E-state index is 12.4. The highest BCUT2D eigenvalue weighted by atomic mass is 79.9. The van der Waals surface area contributed by atoms with Crippen LogP contribution in [0.2, 0.25) is 0 Å². The molecule has 4 heteroatoms. The highest BCUT2D eigenvalue weighted by Gasteiger charge is 2.24. The summed E-state index contributed by atoms with van der Waals surface area (Å²) in [4.78, 5) is 14.3. The summed E-state index contributed by atoms with van der Waals surface area (Å²) in [5.74, 6) is 0.111. The molecule has 0 saturated carbocycles. The summed E-state index contributed by atoms with van der Waals surface area (Å²) in [6, 6.07) is 5.87. The molecule has 0 aromatic heterocycles. The average molecular weight is 312 g/mol. The second kappa shape index (κ2) is 5.85. The lowest BCUT2D eigenvalue weighted by molar-refractivity contribution is 0.0350. The fraction of sp³-hybridized carbons (Fsp3) is 0.500. The minimum Gasteiger partial charge on any atom is -0.381 e. The number of rotatable bonds is 2. The van der Waals surface area contributed by atoms with Crippen molar-refractivity contribution in [2.75, 3.05) is 20.2 Å². The van der Waals surface area contributed by atoms with E-state index >= 15 is 0 Å². The number of hydrogen-bond donors (Lipinski definition) is 0. The first-order chi connectivity index (χ1) is 8.61. The topological polar surface area (TPSA) is 29.5 Å². The number of ether oxygens (including phenoxy) is 1. The lowest BCUT2D eigenvalue weighted by Gasteiger charge is -2.31. The van der Waals surface area contributed by atoms with E-state index in [1.165, 1.54) is 0 Å². The van der Waals surface area contributed by atoms with Crippen LogP contribution in [0.4, 0.5) is 0 Å². The lowest BCUT2D eigenvalue weighted by atomic mass is 10.1. The van der Waals surface area contributed by atoms with Gasteiger partial charge in [0.15, 0.2) is 0 Å². The summed E-state index contributed by atoms with van der Waals surface area (Å²) in [6.07, 6.45) is 2.15. The van der Waals surface area contributed by atoms with Crippen LogP contribution in [-0.2, 0) is 4.74 Å². The van der Waals surface area contributed by atoms with E-state index in [1.807, 2.05) is 30.0 Å². The summed E-state index contributed by atoms with van der Waals surface area (Å²) >= 11 is 3.45. The first kappa shape index (κ1) is 13.6. The van der Waals surface area contributed by atoms with Crippen molar-refractivity contribution in [1.29, 1.82) is 0 Å². The van der Waals surface area contributed by atoms with Crippen molar-refractivity contribution >= 4 is 21.8 Å². The third-order valence-corrected chi connectivity index (χ3v) is 4.11. The van der Waals surface area contributed by atoms with Crippen molar-refractivity contribution in [3.05, 3.63) is 33.8 Å². The summed E-state index contributed by atoms with van der Waals surface area (Å²) in [5.41, 5.74) is 1.86. The number of benzene rings is 1. The number of likely N-dealkylation sites (tertiary alicyclic amines) is 1. The Bertz CT molecular complexity index is 439. The predicted molar refractivity (Wildman–Crippen MR) is 74.8 cm³/mol. The molecule has 1 aromatic rings. The molecule has 0 spiro atoms. The van der Waals surface area contributed by atoms with Crippen molar-refractivity contribution in [3.63, 3.8) is 0 Å². The zero-order valence-corrected chi connectivity index (χ0v) is 12.4. The van der Waals surface area contributed by atoms with E-state index in [1.54, 1.807) is 7.11 Å². The molecule has 0 bridgehead atoms. The molecule has 1 saturated heterocycles. The molecule has 0 atom stereocenters. The van der Waals surface area contributed by atoms with Crippen LogP contribution >= 0.6 is 15.9 Å². The van der Waals surface area contributed by atoms with Crippen LogP contribution in [0.5, 0.6) is 0 Å². The number of piperidine rings is 1. The van der Waals surface area contributed by atoms with E-state index in [0.717, 1.165) is 41.5 Å². The quantitative estimate of drug-likeness (QED) is 0.840. The monoisotopic (exact) mass is 311 g/mol. The molecule has 1 aromatic carbocycles. The van der Waals surface area contributed by atoms with E-state index in [0.29, 0.717) is 6.10 Å². The van der Waals surface area contributed by atoms with Gasteiger partial charge in [0.05, 0.1) is 11.7 Å². The Labute approximate surface area is 116 Å². The van der Waals surface area contributed by atoms with Gasteiger partial charge in [-0.15, -0.1) is 0 Å². The van der Waals surface area contributed by atoms with Gasteiger partial charge in [0.2, 0.25) is 0 Å². The Morgan fingerprint density at radius 1 is 1.39 bits per heavy atom. The summed E-state index contributed by atoms with van der Waals surface area (Å²) in [5, 5.41) is 0. The normalized spacial score (nSPS) is 16.9. The van der Waals surface area contributed by atoms with Gasteiger partial charge in [0.1, 0.15) is 0 Å². The molecule has 1 amide bonds. The Morgan fingerprint density at radius 2 is 2.06 bits per heavy atom. The van der Waals surface area contributed by atoms with Crippen LogP contribution in [0.15, 0.2) is 22.7 Å². The van der Waals surface area contributed by atoms with Crippen molar-refractivity contribution in [3.8, 4) is 0 Å². The van der Waals surface area contributed by atoms with Gasteiger partial charge < -0.3 is 9.64 Å². The molecule has 18 heavy (non-hydrogen) atoms. The maximum atomic E-state index is 12.4. The molecule has 0 radical (unpaired) electrons. The summed E-state index contributed by atoms with van der Waals surface area (Å²) in [7, 11) is 1.74. The van der Waals surface area contributed by atoms with Crippen molar-refractivity contribution in [2.45, 2.75) is 25.9 Å². The van der Waals surface area contributed by atoms with E-state index in [9.17, 15) is 4.79 Å². The Morgan fingerprint density at radius 3 is 2.67 bits per heavy atom. The molecule has 0 unspecified atom stereocenters. The highest BCUT2D eigenvalue weighted by Crippen LogP contribution is 2.22. The van der Waals surface area contributed by atoms with Gasteiger partial charge in [0, 0.05) is 24.7 Å². The maximum Gasteiger partial charge on any atom is 0.255 e. The molecule has 2 rings (SSSR count). The van der Waals surface area contributed by atoms with E-state index in [-0.39, 0.29) is 5.91 Å². The van der Waals surface area contributed by atoms with Crippen LogP contribution in [-0.4, -0.2) is 37.1 Å². The molecular formula is C14H18BrNO2. The second-order valence-corrected chi connectivity index (χ2v) is 5.56. The van der Waals surface area contributed by atoms with Crippen LogP contribution in [0.25, 0.3) is 0 Å². The Balaban J connectivity index is 2.10. The predicted octanol–water partition coefficient (Wildman–Crippen LogP) is 3.01. The van der Waals surface area contributed by atoms with Crippen LogP contribution in [0, 0.1) is 6.92 Å². The number of halogens is 1. The number of hydrogen-bond acceptors (Lipinski definition) is 2. The number of carbonyl (C=O) groups is 1. The van der Waals surface area contributed by atoms with Gasteiger partial charge in [-0.2, -0.15) is 0 Å². The zero-order chi connectivity index (χ0) is 13.1. The van der Waals surface area contributed by atoms with Crippen LogP contribution < -0.4 is 0 Å². The van der Waals surface area contributed by atoms with Gasteiger partial charge in [-0.25, -0.2) is 0 Å². The molecule has 1 aliphatic rings. The first-order valence-electron chi connectivity index (χ1n) is 6.20. The zero-order valence-electron chi connectivity index (χ0n) is 10.8. The molecule has 0 N–H and O–H groups in total. The number of methoxy groups -OCH3 is 1. The SMILES string of the molecule is COC1CCN(C(=O)c2cc(C)ccc2Br)CC1. The van der Waals surface area contributed by atoms with E-state index in [2.05, 4.69) is 15.9 Å². The largest absolute Gasteiger partial charge is 0.381 e. The van der Waals surface area contributed by atoms with Gasteiger partial charge in [-0.3, -0.25) is 4.79 Å². The molecular weight excluding hydrogens is 294 g/mol. The summed E-state index contributed by atoms with van der Waals surface area (Å²) < 4.78 is 6.19. The number of carbonyl (C=O) groups excluding carboxylic acids is 1. The summed E-state index contributed by atoms with van der Waals surface area (Å²) in [6.45, 7) is 3.55. The molecule has 3 nitrogen and oxygen atoms in total. The third-order valence-electron chi connectivity index (χ3n) is 3.41. The number of aryl methyl sites for hydroxylation is 1. The lowest BCUT2D eigenvalue weighted by Crippen LogP contribution is -2.40. The minimum absolute atomic E-state index is 0.111. The Kier molecular flexibility index (Phi) is 4.40. The van der Waals surface area contributed by atoms with Gasteiger partial charge in [0.25, 0.3) is 5.91 Å². The van der Waals surface area contributed by atoms with Crippen molar-refractivity contribution < 1.29 is 9.53 Å². The van der Waals surface area contributed by atoms with Gasteiger partial charge in [-0.05, 0) is 47.8 Å². The molecule has 0 aliphatic carbocycles. The standard InChI is InChI=1S/C14H18BrNO2/c1-10-3-4-13(15)12(9-10)14(17)16-7-5-11(18-2)6-8-16/h3-4,9,11H,5-8H2,1-2H3. The number of nitrogens with zero attached hydrogens (tertiary/aromatic N) is 1. The molecule has 1 fully saturated rings. The molecule has 1 aliphatic heterocycles. The van der Waals surface area contributed by atoms with Crippen molar-refractivity contribution in [1.82, 2.24) is 4.90 Å². The van der Waals surface area contributed by atoms with E-state index in [4.69, 9.17) is 4.74 Å². The van der Waals surface area contributed by atoms with E-state index < -0.39 is 0 Å². The second-order valence-electron chi connectivity index (χ2n) is 4.71. The smallest absolute Gasteiger partial charge is 0.255 e. The fourth-order valence-electron chi connectivity index (χ4n) is 2.27. The number of amides is 1. The molecule has 98 valence electrons. The van der Waals surface area contributed by atoms with Gasteiger partial charge >= 0.3 is 0 Å².